The first-order chi connectivity index (χ1) is 5.61. The molecule has 1 rings (SSSR count). The fraction of sp³-hybridized carbons (Fsp3) is 0.875. The van der Waals surface area contributed by atoms with Crippen LogP contribution in [-0.2, 0) is 4.79 Å². The molecule has 0 aromatic rings. The van der Waals surface area contributed by atoms with E-state index in [1.54, 1.807) is 0 Å². The number of alkyl halides is 2. The average Bonchev–Trinajstić information content (AvgIpc) is 2.04. The summed E-state index contributed by atoms with van der Waals surface area (Å²) in [5.74, 6) is 0.549. The number of carbonyl (C=O) groups is 1. The minimum absolute atomic E-state index is 0.154. The zero-order valence-electron chi connectivity index (χ0n) is 7.09. The predicted octanol–water partition coefficient (Wildman–Crippen LogP) is 2.01. The van der Waals surface area contributed by atoms with E-state index in [4.69, 9.17) is 0 Å². The first-order valence-electron chi connectivity index (χ1n) is 4.11. The SMILES string of the molecule is CN1CCC(C(=O)C(Br)Br)CC1. The third kappa shape index (κ3) is 2.82. The Kier molecular flexibility index (Phi) is 4.20. The number of piperidine rings is 1. The van der Waals surface area contributed by atoms with E-state index in [1.807, 2.05) is 0 Å². The molecule has 1 saturated heterocycles. The van der Waals surface area contributed by atoms with Crippen molar-refractivity contribution >= 4 is 37.6 Å². The van der Waals surface area contributed by atoms with Crippen molar-refractivity contribution in [2.45, 2.75) is 16.6 Å². The van der Waals surface area contributed by atoms with Crippen LogP contribution in [0.15, 0.2) is 0 Å². The second-order valence-electron chi connectivity index (χ2n) is 3.28. The van der Waals surface area contributed by atoms with Gasteiger partial charge in [0.1, 0.15) is 3.74 Å². The number of rotatable bonds is 2. The number of hydrogen-bond acceptors (Lipinski definition) is 2. The van der Waals surface area contributed by atoms with Gasteiger partial charge in [0, 0.05) is 5.92 Å². The molecule has 0 saturated carbocycles. The van der Waals surface area contributed by atoms with Crippen LogP contribution in [-0.4, -0.2) is 34.6 Å². The topological polar surface area (TPSA) is 20.3 Å². The highest BCUT2D eigenvalue weighted by Crippen LogP contribution is 2.23. The molecule has 70 valence electrons. The van der Waals surface area contributed by atoms with Gasteiger partial charge in [0.2, 0.25) is 0 Å². The molecule has 0 aromatic carbocycles. The van der Waals surface area contributed by atoms with Crippen LogP contribution in [0.1, 0.15) is 12.8 Å². The van der Waals surface area contributed by atoms with E-state index < -0.39 is 0 Å². The third-order valence-electron chi connectivity index (χ3n) is 2.34. The van der Waals surface area contributed by atoms with Crippen molar-refractivity contribution < 1.29 is 4.79 Å². The van der Waals surface area contributed by atoms with Gasteiger partial charge in [-0.2, -0.15) is 0 Å². The van der Waals surface area contributed by atoms with Gasteiger partial charge in [0.25, 0.3) is 0 Å². The summed E-state index contributed by atoms with van der Waals surface area (Å²) in [6, 6.07) is 0. The molecule has 1 fully saturated rings. The first kappa shape index (κ1) is 10.7. The second kappa shape index (κ2) is 4.72. The Balaban J connectivity index is 2.39. The summed E-state index contributed by atoms with van der Waals surface area (Å²) in [6.45, 7) is 2.09. The highest BCUT2D eigenvalue weighted by molar-refractivity contribution is 9.25. The van der Waals surface area contributed by atoms with Gasteiger partial charge in [0.05, 0.1) is 0 Å². The number of Topliss-reactive ketones (excluding diaryl/α,β-unsaturated/α-hetero) is 1. The smallest absolute Gasteiger partial charge is 0.160 e. The van der Waals surface area contributed by atoms with Gasteiger partial charge in [-0.1, -0.05) is 31.9 Å². The molecule has 12 heavy (non-hydrogen) atoms. The quantitative estimate of drug-likeness (QED) is 0.727. The van der Waals surface area contributed by atoms with E-state index in [9.17, 15) is 4.79 Å². The summed E-state index contributed by atoms with van der Waals surface area (Å²) < 4.78 is -0.154. The number of carbonyl (C=O) groups excluding carboxylic acids is 1. The summed E-state index contributed by atoms with van der Waals surface area (Å²) in [5.41, 5.74) is 0. The maximum atomic E-state index is 11.5. The van der Waals surface area contributed by atoms with Crippen LogP contribution < -0.4 is 0 Å². The average molecular weight is 299 g/mol. The fourth-order valence-electron chi connectivity index (χ4n) is 1.47. The molecule has 0 bridgehead atoms. The van der Waals surface area contributed by atoms with Gasteiger partial charge >= 0.3 is 0 Å². The van der Waals surface area contributed by atoms with Crippen molar-refractivity contribution in [3.8, 4) is 0 Å². The normalized spacial score (nSPS) is 21.7. The van der Waals surface area contributed by atoms with Crippen molar-refractivity contribution in [2.24, 2.45) is 5.92 Å². The highest BCUT2D eigenvalue weighted by Gasteiger charge is 2.26. The van der Waals surface area contributed by atoms with Crippen LogP contribution in [0.3, 0.4) is 0 Å². The molecule has 0 unspecified atom stereocenters. The lowest BCUT2D eigenvalue weighted by Crippen LogP contribution is -2.35. The van der Waals surface area contributed by atoms with Crippen molar-refractivity contribution in [2.75, 3.05) is 20.1 Å². The first-order valence-corrected chi connectivity index (χ1v) is 5.95. The summed E-state index contributed by atoms with van der Waals surface area (Å²) in [5, 5.41) is 0. The number of halogens is 2. The molecule has 0 N–H and O–H groups in total. The van der Waals surface area contributed by atoms with E-state index in [-0.39, 0.29) is 9.65 Å². The summed E-state index contributed by atoms with van der Waals surface area (Å²) in [6.07, 6.45) is 2.01. The summed E-state index contributed by atoms with van der Waals surface area (Å²) in [4.78, 5) is 13.8. The molecule has 0 radical (unpaired) electrons. The second-order valence-corrected chi connectivity index (χ2v) is 6.34. The molecule has 4 heteroatoms. The molecule has 0 aromatic heterocycles. The Hall–Kier alpha value is 0.590. The number of hydrogen-bond donors (Lipinski definition) is 0. The van der Waals surface area contributed by atoms with Gasteiger partial charge in [-0.25, -0.2) is 0 Å². The van der Waals surface area contributed by atoms with Crippen molar-refractivity contribution in [1.82, 2.24) is 4.90 Å². The van der Waals surface area contributed by atoms with E-state index in [2.05, 4.69) is 43.8 Å². The van der Waals surface area contributed by atoms with E-state index in [1.165, 1.54) is 0 Å². The minimum Gasteiger partial charge on any atom is -0.306 e. The molecule has 1 aliphatic heterocycles. The maximum Gasteiger partial charge on any atom is 0.160 e. The lowest BCUT2D eigenvalue weighted by molar-refractivity contribution is -0.121. The molecule has 2 nitrogen and oxygen atoms in total. The van der Waals surface area contributed by atoms with E-state index in [0.29, 0.717) is 5.78 Å². The van der Waals surface area contributed by atoms with Gasteiger partial charge in [0.15, 0.2) is 5.78 Å². The van der Waals surface area contributed by atoms with Crippen LogP contribution in [0, 0.1) is 5.92 Å². The predicted molar refractivity (Wildman–Crippen MR) is 56.9 cm³/mol. The molecule has 1 heterocycles. The van der Waals surface area contributed by atoms with Gasteiger partial charge in [-0.15, -0.1) is 0 Å². The summed E-state index contributed by atoms with van der Waals surface area (Å²) >= 11 is 6.49. The lowest BCUT2D eigenvalue weighted by Gasteiger charge is -2.28. The van der Waals surface area contributed by atoms with Gasteiger partial charge in [-0.05, 0) is 33.0 Å². The Morgan fingerprint density at radius 1 is 1.42 bits per heavy atom. The van der Waals surface area contributed by atoms with Crippen molar-refractivity contribution in [1.29, 1.82) is 0 Å². The molecule has 0 aliphatic carbocycles. The number of likely N-dealkylation sites (tertiary alicyclic amines) is 1. The summed E-state index contributed by atoms with van der Waals surface area (Å²) in [7, 11) is 2.10. The van der Waals surface area contributed by atoms with Crippen molar-refractivity contribution in [3.63, 3.8) is 0 Å². The van der Waals surface area contributed by atoms with Gasteiger partial charge in [-0.3, -0.25) is 4.79 Å². The Labute approximate surface area is 89.9 Å². The Morgan fingerprint density at radius 3 is 2.33 bits per heavy atom. The lowest BCUT2D eigenvalue weighted by atomic mass is 9.94. The third-order valence-corrected chi connectivity index (χ3v) is 3.24. The number of nitrogens with zero attached hydrogens (tertiary/aromatic N) is 1. The van der Waals surface area contributed by atoms with Crippen LogP contribution in [0.5, 0.6) is 0 Å². The molecule has 0 amide bonds. The van der Waals surface area contributed by atoms with Gasteiger partial charge < -0.3 is 4.90 Å². The van der Waals surface area contributed by atoms with Crippen LogP contribution in [0.2, 0.25) is 0 Å². The molecular weight excluding hydrogens is 286 g/mol. The maximum absolute atomic E-state index is 11.5. The monoisotopic (exact) mass is 297 g/mol. The van der Waals surface area contributed by atoms with Crippen LogP contribution in [0.25, 0.3) is 0 Å². The number of ketones is 1. The van der Waals surface area contributed by atoms with E-state index >= 15 is 0 Å². The van der Waals surface area contributed by atoms with E-state index in [0.717, 1.165) is 25.9 Å². The molecule has 1 aliphatic rings. The molecule has 0 spiro atoms. The van der Waals surface area contributed by atoms with Crippen molar-refractivity contribution in [3.05, 3.63) is 0 Å². The zero-order valence-corrected chi connectivity index (χ0v) is 10.3. The zero-order chi connectivity index (χ0) is 9.14. The van der Waals surface area contributed by atoms with Crippen LogP contribution in [0.4, 0.5) is 0 Å². The largest absolute Gasteiger partial charge is 0.306 e. The Bertz CT molecular complexity index is 164. The minimum atomic E-state index is -0.154. The highest BCUT2D eigenvalue weighted by atomic mass is 79.9. The molecular formula is C8H13Br2NO. The standard InChI is InChI=1S/C8H13Br2NO/c1-11-4-2-6(3-5-11)7(12)8(9)10/h6,8H,2-5H2,1H3. The fourth-order valence-corrected chi connectivity index (χ4v) is 2.22. The van der Waals surface area contributed by atoms with Crippen LogP contribution >= 0.6 is 31.9 Å². The molecule has 0 atom stereocenters. The Morgan fingerprint density at radius 2 is 1.92 bits per heavy atom.